The largest absolute Gasteiger partial charge is 0.357 e. The molecule has 150 valence electrons. The minimum atomic E-state index is -1.85. The number of carbonyl (C=O) groups excluding carboxylic acids is 1. The Labute approximate surface area is 164 Å². The van der Waals surface area contributed by atoms with Gasteiger partial charge in [0.1, 0.15) is 24.8 Å². The van der Waals surface area contributed by atoms with Crippen molar-refractivity contribution < 1.29 is 18.5 Å². The van der Waals surface area contributed by atoms with Crippen molar-refractivity contribution in [2.45, 2.75) is 32.2 Å². The van der Waals surface area contributed by atoms with E-state index in [1.807, 2.05) is 0 Å². The maximum Gasteiger partial charge on any atom is 0.267 e. The molecule has 2 heterocycles. The van der Waals surface area contributed by atoms with E-state index in [1.165, 1.54) is 12.1 Å². The van der Waals surface area contributed by atoms with E-state index < -0.39 is 19.1 Å². The molecule has 3 N–H and O–H groups in total. The molecule has 1 aliphatic heterocycles. The van der Waals surface area contributed by atoms with Crippen molar-refractivity contribution in [1.29, 1.82) is 0 Å². The number of nitrogens with one attached hydrogen (secondary N) is 2. The van der Waals surface area contributed by atoms with Gasteiger partial charge in [0.05, 0.1) is 18.5 Å². The van der Waals surface area contributed by atoms with Crippen LogP contribution in [0, 0.1) is 23.5 Å². The van der Waals surface area contributed by atoms with Gasteiger partial charge in [0, 0.05) is 35.3 Å². The number of benzene rings is 1. The lowest BCUT2D eigenvalue weighted by Gasteiger charge is -2.43. The molecule has 4 nitrogen and oxygen atoms in total. The molecule has 1 aromatic carbocycles. The normalized spacial score (nSPS) is 29.5. The van der Waals surface area contributed by atoms with E-state index in [-0.39, 0.29) is 17.5 Å². The first kappa shape index (κ1) is 19.5. The average molecular weight is 407 g/mol. The van der Waals surface area contributed by atoms with E-state index in [0.717, 1.165) is 43.8 Å². The van der Waals surface area contributed by atoms with Crippen LogP contribution in [0.15, 0.2) is 30.5 Å². The highest BCUT2D eigenvalue weighted by atomic mass is 31.2. The summed E-state index contributed by atoms with van der Waals surface area (Å²) >= 11 is 0. The SMILES string of the molecule is CC[P+]1(O)CC2CCC(NC(=O)c3cc(-c4ccc(F)cc4F)c[nH]3)C(C2)C1. The van der Waals surface area contributed by atoms with E-state index in [2.05, 4.69) is 17.2 Å². The molecular weight excluding hydrogens is 381 g/mol. The maximum atomic E-state index is 14.0. The monoisotopic (exact) mass is 407 g/mol. The zero-order valence-corrected chi connectivity index (χ0v) is 16.8. The van der Waals surface area contributed by atoms with E-state index in [1.54, 1.807) is 12.3 Å². The van der Waals surface area contributed by atoms with E-state index >= 15 is 0 Å². The van der Waals surface area contributed by atoms with Gasteiger partial charge in [0.25, 0.3) is 5.91 Å². The lowest BCUT2D eigenvalue weighted by molar-refractivity contribution is 0.0892. The fourth-order valence-electron chi connectivity index (χ4n) is 4.82. The first-order valence-corrected chi connectivity index (χ1v) is 12.2. The summed E-state index contributed by atoms with van der Waals surface area (Å²) in [5.74, 6) is -0.592. The molecule has 2 bridgehead atoms. The fourth-order valence-corrected chi connectivity index (χ4v) is 8.05. The number of rotatable bonds is 4. The Balaban J connectivity index is 1.46. The predicted molar refractivity (Wildman–Crippen MR) is 108 cm³/mol. The van der Waals surface area contributed by atoms with Crippen molar-refractivity contribution in [2.75, 3.05) is 18.5 Å². The van der Waals surface area contributed by atoms with Gasteiger partial charge < -0.3 is 10.3 Å². The lowest BCUT2D eigenvalue weighted by atomic mass is 9.79. The van der Waals surface area contributed by atoms with Gasteiger partial charge >= 0.3 is 0 Å². The second-order valence-corrected chi connectivity index (χ2v) is 11.8. The number of amides is 1. The highest BCUT2D eigenvalue weighted by molar-refractivity contribution is 7.70. The Hall–Kier alpha value is -1.78. The van der Waals surface area contributed by atoms with Gasteiger partial charge in [0.15, 0.2) is 0 Å². The van der Waals surface area contributed by atoms with Crippen LogP contribution in [-0.2, 0) is 0 Å². The molecule has 2 aliphatic rings. The molecule has 0 spiro atoms. The number of carbonyl (C=O) groups is 1. The maximum absolute atomic E-state index is 14.0. The van der Waals surface area contributed by atoms with Crippen LogP contribution < -0.4 is 5.32 Å². The molecule has 2 aromatic rings. The molecule has 28 heavy (non-hydrogen) atoms. The third kappa shape index (κ3) is 3.85. The van der Waals surface area contributed by atoms with Gasteiger partial charge in [-0.25, -0.2) is 8.78 Å². The van der Waals surface area contributed by atoms with Crippen molar-refractivity contribution in [3.8, 4) is 11.1 Å². The highest BCUT2D eigenvalue weighted by Gasteiger charge is 2.49. The van der Waals surface area contributed by atoms with Crippen molar-refractivity contribution >= 4 is 13.4 Å². The minimum Gasteiger partial charge on any atom is -0.357 e. The fraction of sp³-hybridized carbons (Fsp3) is 0.476. The summed E-state index contributed by atoms with van der Waals surface area (Å²) in [5, 5.41) is 3.12. The quantitative estimate of drug-likeness (QED) is 0.657. The van der Waals surface area contributed by atoms with E-state index in [9.17, 15) is 18.5 Å². The Bertz CT molecular complexity index is 887. The summed E-state index contributed by atoms with van der Waals surface area (Å²) < 4.78 is 27.1. The van der Waals surface area contributed by atoms with Crippen LogP contribution in [0.2, 0.25) is 0 Å². The molecule has 1 aromatic heterocycles. The Kier molecular flexibility index (Phi) is 5.28. The van der Waals surface area contributed by atoms with E-state index in [4.69, 9.17) is 0 Å². The third-order valence-corrected chi connectivity index (χ3v) is 9.86. The number of fused-ring (bicyclic) bond motifs is 2. The van der Waals surface area contributed by atoms with Crippen molar-refractivity contribution in [3.63, 3.8) is 0 Å². The smallest absolute Gasteiger partial charge is 0.267 e. The van der Waals surface area contributed by atoms with Crippen molar-refractivity contribution in [3.05, 3.63) is 47.8 Å². The van der Waals surface area contributed by atoms with Gasteiger partial charge in [-0.05, 0) is 50.3 Å². The molecular formula is C21H26F2N2O2P+. The van der Waals surface area contributed by atoms with Crippen LogP contribution in [0.4, 0.5) is 8.78 Å². The number of H-pyrrole nitrogens is 1. The molecule has 4 unspecified atom stereocenters. The van der Waals surface area contributed by atoms with Gasteiger partial charge in [-0.1, -0.05) is 0 Å². The molecule has 0 radical (unpaired) electrons. The number of aromatic amines is 1. The van der Waals surface area contributed by atoms with E-state index in [0.29, 0.717) is 23.1 Å². The molecule has 1 amide bonds. The van der Waals surface area contributed by atoms with Crippen LogP contribution in [0.5, 0.6) is 0 Å². The van der Waals surface area contributed by atoms with Crippen LogP contribution in [-0.4, -0.2) is 40.3 Å². The number of halogens is 2. The minimum absolute atomic E-state index is 0.0661. The summed E-state index contributed by atoms with van der Waals surface area (Å²) in [6.45, 7) is 2.07. The van der Waals surface area contributed by atoms with Crippen LogP contribution in [0.3, 0.4) is 0 Å². The van der Waals surface area contributed by atoms with Crippen LogP contribution in [0.1, 0.15) is 36.7 Å². The highest BCUT2D eigenvalue weighted by Crippen LogP contribution is 2.63. The summed E-state index contributed by atoms with van der Waals surface area (Å²) in [5.41, 5.74) is 1.12. The Morgan fingerprint density at radius 3 is 2.86 bits per heavy atom. The predicted octanol–water partition coefficient (Wildman–Crippen LogP) is 4.43. The summed E-state index contributed by atoms with van der Waals surface area (Å²) in [6, 6.07) is 5.06. The zero-order valence-electron chi connectivity index (χ0n) is 15.9. The van der Waals surface area contributed by atoms with Crippen molar-refractivity contribution in [2.24, 2.45) is 11.8 Å². The van der Waals surface area contributed by atoms with Gasteiger partial charge in [-0.15, -0.1) is 0 Å². The number of aromatic nitrogens is 1. The summed E-state index contributed by atoms with van der Waals surface area (Å²) in [6.07, 6.45) is 7.27. The topological polar surface area (TPSA) is 65.1 Å². The lowest BCUT2D eigenvalue weighted by Crippen LogP contribution is -2.48. The first-order valence-electron chi connectivity index (χ1n) is 9.90. The van der Waals surface area contributed by atoms with Gasteiger partial charge in [-0.3, -0.25) is 9.69 Å². The molecule has 7 heteroatoms. The third-order valence-electron chi connectivity index (χ3n) is 6.34. The second kappa shape index (κ2) is 7.57. The number of hydrogen-bond donors (Lipinski definition) is 3. The second-order valence-electron chi connectivity index (χ2n) is 8.22. The Morgan fingerprint density at radius 1 is 1.29 bits per heavy atom. The first-order chi connectivity index (χ1) is 13.4. The molecule has 1 saturated carbocycles. The molecule has 1 aliphatic carbocycles. The summed E-state index contributed by atoms with van der Waals surface area (Å²) in [7, 11) is -1.85. The summed E-state index contributed by atoms with van der Waals surface area (Å²) in [4.78, 5) is 26.5. The number of hydrogen-bond acceptors (Lipinski definition) is 2. The van der Waals surface area contributed by atoms with Crippen LogP contribution >= 0.6 is 7.49 Å². The Morgan fingerprint density at radius 2 is 2.11 bits per heavy atom. The van der Waals surface area contributed by atoms with Gasteiger partial charge in [0.2, 0.25) is 0 Å². The molecule has 1 saturated heterocycles. The van der Waals surface area contributed by atoms with Gasteiger partial charge in [-0.2, -0.15) is 0 Å². The average Bonchev–Trinajstić information content (AvgIpc) is 3.14. The zero-order chi connectivity index (χ0) is 19.9. The van der Waals surface area contributed by atoms with Crippen molar-refractivity contribution in [1.82, 2.24) is 10.3 Å². The van der Waals surface area contributed by atoms with Crippen LogP contribution in [0.25, 0.3) is 11.1 Å². The molecule has 4 atom stereocenters. The standard InChI is InChI=1S/C21H25F2N2O2P/c1-2-28(27)11-13-3-6-19(15(7-13)12-28)25-21(26)20-8-14(10-24-20)17-5-4-16(22)9-18(17)23/h4-5,8-10,13,15,19,27H,2-3,6-7,11-12H2,1H3,(H-,24,25,26)/p+1. The molecule has 2 fully saturated rings. The molecule has 4 rings (SSSR count).